The third-order valence-electron chi connectivity index (χ3n) is 3.80. The highest BCUT2D eigenvalue weighted by Gasteiger charge is 2.13. The largest absolute Gasteiger partial charge is 0.464 e. The molecule has 2 aromatic carbocycles. The second kappa shape index (κ2) is 6.58. The van der Waals surface area contributed by atoms with Crippen LogP contribution >= 0.6 is 0 Å². The molecule has 0 atom stereocenters. The Balaban J connectivity index is 1.66. The zero-order valence-electron chi connectivity index (χ0n) is 13.6. The number of fused-ring (bicyclic) bond motifs is 1. The number of benzene rings is 2. The summed E-state index contributed by atoms with van der Waals surface area (Å²) in [6, 6.07) is 12.7. The van der Waals surface area contributed by atoms with Gasteiger partial charge < -0.3 is 4.42 Å². The molecule has 0 saturated carbocycles. The van der Waals surface area contributed by atoms with Crippen molar-refractivity contribution in [2.45, 2.75) is 20.3 Å². The molecule has 0 aliphatic rings. The van der Waals surface area contributed by atoms with E-state index in [9.17, 15) is 9.59 Å². The third-order valence-corrected chi connectivity index (χ3v) is 3.80. The molecule has 1 aromatic heterocycles. The van der Waals surface area contributed by atoms with Gasteiger partial charge in [-0.25, -0.2) is 0 Å². The maximum Gasteiger partial charge on any atom is 0.269 e. The van der Waals surface area contributed by atoms with Crippen LogP contribution in [0.2, 0.25) is 0 Å². The van der Waals surface area contributed by atoms with Crippen LogP contribution in [0.5, 0.6) is 0 Å². The summed E-state index contributed by atoms with van der Waals surface area (Å²) in [7, 11) is 0. The Morgan fingerprint density at radius 3 is 2.54 bits per heavy atom. The molecule has 0 unspecified atom stereocenters. The lowest BCUT2D eigenvalue weighted by Gasteiger charge is -2.07. The van der Waals surface area contributed by atoms with Crippen LogP contribution < -0.4 is 10.9 Å². The topological polar surface area (TPSA) is 71.3 Å². The van der Waals surface area contributed by atoms with Gasteiger partial charge in [0, 0.05) is 16.5 Å². The minimum Gasteiger partial charge on any atom is -0.464 e. The molecule has 0 aliphatic carbocycles. The Kier molecular flexibility index (Phi) is 4.33. The van der Waals surface area contributed by atoms with E-state index in [0.29, 0.717) is 5.56 Å². The lowest BCUT2D eigenvalue weighted by molar-refractivity contribution is -0.121. The van der Waals surface area contributed by atoms with Crippen molar-refractivity contribution < 1.29 is 14.0 Å². The van der Waals surface area contributed by atoms with Crippen molar-refractivity contribution in [2.75, 3.05) is 0 Å². The molecule has 3 rings (SSSR count). The lowest BCUT2D eigenvalue weighted by Crippen LogP contribution is -2.42. The van der Waals surface area contributed by atoms with Crippen LogP contribution in [0.3, 0.4) is 0 Å². The maximum absolute atomic E-state index is 12.1. The van der Waals surface area contributed by atoms with Crippen molar-refractivity contribution in [3.05, 3.63) is 71.0 Å². The van der Waals surface area contributed by atoms with Crippen LogP contribution in [0.15, 0.2) is 53.1 Å². The van der Waals surface area contributed by atoms with Crippen molar-refractivity contribution >= 4 is 22.8 Å². The fraction of sp³-hybridized carbons (Fsp3) is 0.158. The summed E-state index contributed by atoms with van der Waals surface area (Å²) in [4.78, 5) is 24.0. The fourth-order valence-corrected chi connectivity index (χ4v) is 2.76. The fourth-order valence-electron chi connectivity index (χ4n) is 2.76. The first-order chi connectivity index (χ1) is 11.5. The number of rotatable bonds is 3. The van der Waals surface area contributed by atoms with Gasteiger partial charge in [-0.2, -0.15) is 0 Å². The molecule has 1 heterocycles. The van der Waals surface area contributed by atoms with Crippen LogP contribution in [0, 0.1) is 13.8 Å². The van der Waals surface area contributed by atoms with E-state index in [0.717, 1.165) is 27.7 Å². The summed E-state index contributed by atoms with van der Waals surface area (Å²) in [6.07, 6.45) is 1.72. The normalized spacial score (nSPS) is 10.6. The first-order valence-electron chi connectivity index (χ1n) is 7.66. The number of hydrogen-bond donors (Lipinski definition) is 2. The van der Waals surface area contributed by atoms with Gasteiger partial charge in [-0.15, -0.1) is 0 Å². The molecule has 24 heavy (non-hydrogen) atoms. The first-order valence-corrected chi connectivity index (χ1v) is 7.66. The van der Waals surface area contributed by atoms with Gasteiger partial charge in [0.15, 0.2) is 0 Å². The number of hydrazine groups is 1. The summed E-state index contributed by atoms with van der Waals surface area (Å²) in [5, 5.41) is 0.949. The standard InChI is InChI=1S/C19H18N2O3/c1-12-8-13(2)18-15(11-24-16(18)9-12)10-17(22)20-21-19(23)14-6-4-3-5-7-14/h3-9,11H,10H2,1-2H3,(H,20,22)(H,21,23). The smallest absolute Gasteiger partial charge is 0.269 e. The minimum atomic E-state index is -0.354. The zero-order valence-corrected chi connectivity index (χ0v) is 13.6. The number of furan rings is 1. The Hall–Kier alpha value is -3.08. The van der Waals surface area contributed by atoms with Crippen LogP contribution in [0.1, 0.15) is 27.0 Å². The van der Waals surface area contributed by atoms with Gasteiger partial charge in [-0.3, -0.25) is 20.4 Å². The van der Waals surface area contributed by atoms with Crippen LogP contribution in [-0.2, 0) is 11.2 Å². The molecular weight excluding hydrogens is 304 g/mol. The van der Waals surface area contributed by atoms with E-state index in [2.05, 4.69) is 16.9 Å². The highest BCUT2D eigenvalue weighted by Crippen LogP contribution is 2.26. The second-order valence-electron chi connectivity index (χ2n) is 5.76. The summed E-state index contributed by atoms with van der Waals surface area (Å²) in [6.45, 7) is 3.99. The van der Waals surface area contributed by atoms with E-state index in [-0.39, 0.29) is 18.2 Å². The lowest BCUT2D eigenvalue weighted by atomic mass is 10.0. The molecule has 2 amide bonds. The van der Waals surface area contributed by atoms with Crippen LogP contribution in [0.25, 0.3) is 11.0 Å². The molecule has 3 aromatic rings. The summed E-state index contributed by atoms with van der Waals surface area (Å²) < 4.78 is 5.54. The Labute approximate surface area is 139 Å². The van der Waals surface area contributed by atoms with Gasteiger partial charge in [-0.05, 0) is 43.2 Å². The molecule has 122 valence electrons. The van der Waals surface area contributed by atoms with Crippen molar-refractivity contribution in [3.63, 3.8) is 0 Å². The number of carbonyl (C=O) groups is 2. The first kappa shape index (κ1) is 15.8. The van der Waals surface area contributed by atoms with Crippen molar-refractivity contribution in [3.8, 4) is 0 Å². The van der Waals surface area contributed by atoms with E-state index in [1.807, 2.05) is 26.0 Å². The molecule has 5 heteroatoms. The summed E-state index contributed by atoms with van der Waals surface area (Å²) >= 11 is 0. The van der Waals surface area contributed by atoms with Gasteiger partial charge in [0.2, 0.25) is 5.91 Å². The molecule has 0 fully saturated rings. The highest BCUT2D eigenvalue weighted by atomic mass is 16.3. The minimum absolute atomic E-state index is 0.131. The molecule has 0 saturated heterocycles. The number of carbonyl (C=O) groups excluding carboxylic acids is 2. The third kappa shape index (κ3) is 3.30. The maximum atomic E-state index is 12.1. The zero-order chi connectivity index (χ0) is 17.1. The molecule has 2 N–H and O–H groups in total. The van der Waals surface area contributed by atoms with Crippen molar-refractivity contribution in [1.29, 1.82) is 0 Å². The second-order valence-corrected chi connectivity index (χ2v) is 5.76. The molecule has 5 nitrogen and oxygen atoms in total. The van der Waals surface area contributed by atoms with Crippen LogP contribution in [0.4, 0.5) is 0 Å². The molecule has 0 radical (unpaired) electrons. The monoisotopic (exact) mass is 322 g/mol. The molecule has 0 spiro atoms. The Morgan fingerprint density at radius 1 is 1.04 bits per heavy atom. The number of amides is 2. The van der Waals surface area contributed by atoms with E-state index in [1.54, 1.807) is 30.5 Å². The average Bonchev–Trinajstić information content (AvgIpc) is 2.96. The van der Waals surface area contributed by atoms with Gasteiger partial charge in [0.05, 0.1) is 12.7 Å². The highest BCUT2D eigenvalue weighted by molar-refractivity contribution is 5.96. The number of nitrogens with one attached hydrogen (secondary N) is 2. The van der Waals surface area contributed by atoms with Gasteiger partial charge >= 0.3 is 0 Å². The van der Waals surface area contributed by atoms with Gasteiger partial charge in [0.1, 0.15) is 5.58 Å². The molecule has 0 aliphatic heterocycles. The average molecular weight is 322 g/mol. The van der Waals surface area contributed by atoms with E-state index in [1.165, 1.54) is 0 Å². The van der Waals surface area contributed by atoms with E-state index < -0.39 is 0 Å². The predicted octanol–water partition coefficient (Wildman–Crippen LogP) is 3.05. The van der Waals surface area contributed by atoms with Crippen LogP contribution in [-0.4, -0.2) is 11.8 Å². The van der Waals surface area contributed by atoms with Crippen molar-refractivity contribution in [1.82, 2.24) is 10.9 Å². The number of aryl methyl sites for hydroxylation is 2. The molecular formula is C19H18N2O3. The molecule has 0 bridgehead atoms. The predicted molar refractivity (Wildman–Crippen MR) is 91.4 cm³/mol. The Bertz CT molecular complexity index is 898. The van der Waals surface area contributed by atoms with Crippen molar-refractivity contribution in [2.24, 2.45) is 0 Å². The SMILES string of the molecule is Cc1cc(C)c2c(CC(=O)NNC(=O)c3ccccc3)coc2c1. The van der Waals surface area contributed by atoms with E-state index in [4.69, 9.17) is 4.42 Å². The number of hydrogen-bond acceptors (Lipinski definition) is 3. The quantitative estimate of drug-likeness (QED) is 0.728. The van der Waals surface area contributed by atoms with Gasteiger partial charge in [-0.1, -0.05) is 24.3 Å². The van der Waals surface area contributed by atoms with Gasteiger partial charge in [0.25, 0.3) is 5.91 Å². The summed E-state index contributed by atoms with van der Waals surface area (Å²) in [5.41, 5.74) is 9.08. The van der Waals surface area contributed by atoms with E-state index >= 15 is 0 Å². The summed E-state index contributed by atoms with van der Waals surface area (Å²) in [5.74, 6) is -0.658. The Morgan fingerprint density at radius 2 is 1.79 bits per heavy atom.